The summed E-state index contributed by atoms with van der Waals surface area (Å²) in [6.07, 6.45) is -0.100. The van der Waals surface area contributed by atoms with Gasteiger partial charge in [-0.25, -0.2) is 4.98 Å². The number of rotatable bonds is 6. The first-order valence-electron chi connectivity index (χ1n) is 12.9. The van der Waals surface area contributed by atoms with Crippen LogP contribution in [-0.2, 0) is 4.79 Å². The second-order valence-electron chi connectivity index (χ2n) is 10.9. The Bertz CT molecular complexity index is 1070. The topological polar surface area (TPSA) is 70.7 Å². The number of aromatic nitrogens is 3. The largest absolute Gasteiger partial charge is 0.481 e. The molecule has 1 saturated carbocycles. The van der Waals surface area contributed by atoms with E-state index in [4.69, 9.17) is 10.1 Å². The molecule has 1 saturated heterocycles. The summed E-state index contributed by atoms with van der Waals surface area (Å²) < 4.78 is 41.3. The molecule has 3 heterocycles. The van der Waals surface area contributed by atoms with Crippen LogP contribution in [0.2, 0.25) is 0 Å². The molecule has 1 aliphatic heterocycles. The summed E-state index contributed by atoms with van der Waals surface area (Å²) in [6.45, 7) is 9.35. The van der Waals surface area contributed by atoms with E-state index >= 15 is 0 Å². The fraction of sp³-hybridized carbons (Fsp3) is 0.731. The first kappa shape index (κ1) is 25.8. The molecule has 0 unspecified atom stereocenters. The minimum absolute atomic E-state index is 0.0227. The van der Waals surface area contributed by atoms with Crippen LogP contribution in [0.4, 0.5) is 19.0 Å². The van der Waals surface area contributed by atoms with Crippen LogP contribution >= 0.6 is 0 Å². The Labute approximate surface area is 204 Å². The Kier molecular flexibility index (Phi) is 7.08. The molecule has 6 nitrogen and oxygen atoms in total. The highest BCUT2D eigenvalue weighted by Crippen LogP contribution is 2.44. The lowest BCUT2D eigenvalue weighted by Gasteiger charge is -2.42. The molecule has 9 heteroatoms. The highest BCUT2D eigenvalue weighted by molar-refractivity contribution is 5.76. The molecule has 0 radical (unpaired) electrons. The zero-order chi connectivity index (χ0) is 25.5. The number of alkyl halides is 3. The van der Waals surface area contributed by atoms with Crippen LogP contribution in [0.25, 0.3) is 5.65 Å². The summed E-state index contributed by atoms with van der Waals surface area (Å²) in [5.74, 6) is -0.955. The Morgan fingerprint density at radius 1 is 1.26 bits per heavy atom. The Morgan fingerprint density at radius 2 is 1.94 bits per heavy atom. The average Bonchev–Trinajstić information content (AvgIpc) is 3.21. The minimum atomic E-state index is -4.13. The third-order valence-corrected chi connectivity index (χ3v) is 8.07. The number of aliphatic carboxylic acids is 1. The number of fused-ring (bicyclic) bond motifs is 1. The monoisotopic (exact) mass is 494 g/mol. The lowest BCUT2D eigenvalue weighted by atomic mass is 9.76. The van der Waals surface area contributed by atoms with Crippen LogP contribution in [0.3, 0.4) is 0 Å². The molecule has 2 aromatic heterocycles. The molecule has 194 valence electrons. The molecule has 2 fully saturated rings. The number of aryl methyl sites for hydroxylation is 1. The Hall–Kier alpha value is -2.32. The number of carboxylic acid groups (broad SMARTS) is 1. The first-order valence-corrected chi connectivity index (χ1v) is 12.9. The molecule has 1 aliphatic carbocycles. The molecule has 1 N–H and O–H groups in total. The predicted octanol–water partition coefficient (Wildman–Crippen LogP) is 6.47. The molecule has 1 atom stereocenters. The lowest BCUT2D eigenvalue weighted by Crippen LogP contribution is -2.49. The van der Waals surface area contributed by atoms with Gasteiger partial charge >= 0.3 is 12.1 Å². The van der Waals surface area contributed by atoms with E-state index in [1.54, 1.807) is 0 Å². The smallest absolute Gasteiger partial charge is 0.391 e. The second-order valence-corrected chi connectivity index (χ2v) is 10.9. The van der Waals surface area contributed by atoms with Gasteiger partial charge in [0, 0.05) is 36.3 Å². The number of anilines is 1. The van der Waals surface area contributed by atoms with Crippen molar-refractivity contribution in [2.45, 2.75) is 97.1 Å². The fourth-order valence-corrected chi connectivity index (χ4v) is 6.31. The van der Waals surface area contributed by atoms with Crippen molar-refractivity contribution in [3.05, 3.63) is 23.0 Å². The van der Waals surface area contributed by atoms with Crippen molar-refractivity contribution in [2.24, 2.45) is 11.3 Å². The maximum absolute atomic E-state index is 13.2. The number of hydrogen-bond acceptors (Lipinski definition) is 4. The summed E-state index contributed by atoms with van der Waals surface area (Å²) in [6, 6.07) is 1.92. The first-order chi connectivity index (χ1) is 16.5. The van der Waals surface area contributed by atoms with E-state index in [9.17, 15) is 23.1 Å². The van der Waals surface area contributed by atoms with Crippen molar-refractivity contribution < 1.29 is 23.1 Å². The zero-order valence-corrected chi connectivity index (χ0v) is 21.2. The normalized spacial score (nSPS) is 26.0. The van der Waals surface area contributed by atoms with Gasteiger partial charge in [-0.2, -0.15) is 22.8 Å². The van der Waals surface area contributed by atoms with Gasteiger partial charge in [0.25, 0.3) is 0 Å². The van der Waals surface area contributed by atoms with Crippen molar-refractivity contribution in [3.63, 3.8) is 0 Å². The number of halogens is 3. The molecule has 2 aromatic rings. The van der Waals surface area contributed by atoms with E-state index in [0.717, 1.165) is 42.2 Å². The van der Waals surface area contributed by atoms with Crippen molar-refractivity contribution in [3.8, 4) is 0 Å². The van der Waals surface area contributed by atoms with Gasteiger partial charge in [-0.1, -0.05) is 27.2 Å². The predicted molar refractivity (Wildman–Crippen MR) is 129 cm³/mol. The van der Waals surface area contributed by atoms with Crippen LogP contribution in [0.1, 0.15) is 101 Å². The highest BCUT2D eigenvalue weighted by atomic mass is 19.4. The van der Waals surface area contributed by atoms with Crippen molar-refractivity contribution in [2.75, 3.05) is 18.0 Å². The number of carbonyl (C=O) groups is 1. The molecular weight excluding hydrogens is 457 g/mol. The molecule has 4 rings (SSSR count). The zero-order valence-electron chi connectivity index (χ0n) is 21.2. The van der Waals surface area contributed by atoms with E-state index in [1.165, 1.54) is 0 Å². The van der Waals surface area contributed by atoms with Gasteiger partial charge in [0.1, 0.15) is 5.82 Å². The van der Waals surface area contributed by atoms with Crippen molar-refractivity contribution in [1.82, 2.24) is 14.6 Å². The van der Waals surface area contributed by atoms with Crippen molar-refractivity contribution in [1.29, 1.82) is 0 Å². The highest BCUT2D eigenvalue weighted by Gasteiger charge is 2.44. The van der Waals surface area contributed by atoms with E-state index in [1.807, 2.05) is 24.4 Å². The maximum atomic E-state index is 13.2. The summed E-state index contributed by atoms with van der Waals surface area (Å²) in [5.41, 5.74) is 2.60. The second kappa shape index (κ2) is 9.62. The maximum Gasteiger partial charge on any atom is 0.391 e. The van der Waals surface area contributed by atoms with Gasteiger partial charge in [-0.05, 0) is 57.8 Å². The van der Waals surface area contributed by atoms with Crippen LogP contribution in [0.5, 0.6) is 0 Å². The summed E-state index contributed by atoms with van der Waals surface area (Å²) in [5, 5.41) is 15.0. The van der Waals surface area contributed by atoms with Gasteiger partial charge in [0.2, 0.25) is 0 Å². The van der Waals surface area contributed by atoms with Crippen molar-refractivity contribution >= 4 is 17.4 Å². The average molecular weight is 495 g/mol. The number of piperidine rings is 1. The van der Waals surface area contributed by atoms with E-state index in [-0.39, 0.29) is 24.7 Å². The van der Waals surface area contributed by atoms with Crippen LogP contribution in [0.15, 0.2) is 6.07 Å². The van der Waals surface area contributed by atoms with Gasteiger partial charge in [-0.15, -0.1) is 0 Å². The lowest BCUT2D eigenvalue weighted by molar-refractivity contribution is -0.182. The molecular formula is C26H37F3N4O2. The standard InChI is InChI=1S/C26H37F3N4O2/c1-5-11-25(24(34)35)12-6-13-32(15-25)23-22(16(2)3)17(4)30-21-14-20(31-33(21)23)18-7-9-19(10-8-18)26(27,28)29/h14,16,18-19H,5-13,15H2,1-4H3,(H,34,35)/t18?,19?,25-/m1/s1. The quantitative estimate of drug-likeness (QED) is 0.498. The van der Waals surface area contributed by atoms with Gasteiger partial charge in [-0.3, -0.25) is 4.79 Å². The number of nitrogens with zero attached hydrogens (tertiary/aromatic N) is 4. The van der Waals surface area contributed by atoms with Crippen LogP contribution in [-0.4, -0.2) is 44.9 Å². The molecule has 0 amide bonds. The SMILES string of the molecule is CCC[C@@]1(C(=O)O)CCCN(c2c(C(C)C)c(C)nc3cc(C4CCC(C(F)(F)F)CC4)nn23)C1. The number of hydrogen-bond donors (Lipinski definition) is 1. The fourth-order valence-electron chi connectivity index (χ4n) is 6.31. The molecule has 0 spiro atoms. The van der Waals surface area contributed by atoms with Gasteiger partial charge in [0.15, 0.2) is 5.65 Å². The van der Waals surface area contributed by atoms with E-state index < -0.39 is 23.5 Å². The van der Waals surface area contributed by atoms with E-state index in [0.29, 0.717) is 37.9 Å². The summed E-state index contributed by atoms with van der Waals surface area (Å²) >= 11 is 0. The van der Waals surface area contributed by atoms with Crippen LogP contribution < -0.4 is 4.90 Å². The molecule has 0 aromatic carbocycles. The Morgan fingerprint density at radius 3 is 2.51 bits per heavy atom. The van der Waals surface area contributed by atoms with Gasteiger partial charge in [0.05, 0.1) is 17.0 Å². The summed E-state index contributed by atoms with van der Waals surface area (Å²) in [4.78, 5) is 19.3. The molecule has 0 bridgehead atoms. The van der Waals surface area contributed by atoms with Gasteiger partial charge < -0.3 is 10.0 Å². The minimum Gasteiger partial charge on any atom is -0.481 e. The number of carboxylic acids is 1. The van der Waals surface area contributed by atoms with Crippen LogP contribution in [0, 0.1) is 18.3 Å². The third-order valence-electron chi connectivity index (χ3n) is 8.07. The molecule has 2 aliphatic rings. The van der Waals surface area contributed by atoms with E-state index in [2.05, 4.69) is 18.7 Å². The Balaban J connectivity index is 1.74. The molecule has 35 heavy (non-hydrogen) atoms. The summed E-state index contributed by atoms with van der Waals surface area (Å²) in [7, 11) is 0. The third kappa shape index (κ3) is 4.87.